The molecule has 6 N–H and O–H groups in total. The van der Waals surface area contributed by atoms with Gasteiger partial charge in [-0.3, -0.25) is 0 Å². The van der Waals surface area contributed by atoms with Crippen molar-refractivity contribution in [2.75, 3.05) is 0 Å². The quantitative estimate of drug-likeness (QED) is 0.323. The van der Waals surface area contributed by atoms with Crippen molar-refractivity contribution in [2.45, 2.75) is 37.8 Å². The van der Waals surface area contributed by atoms with Crippen LogP contribution in [-0.2, 0) is 0 Å². The SMILES string of the molecule is NC1CCCCC1N.O=[N+]([O-])O.O=[N+]([O-])O. The molecule has 0 aromatic rings. The molecule has 0 aromatic heterocycles. The normalized spacial score (nSPS) is 22.9. The molecule has 10 heteroatoms. The van der Waals surface area contributed by atoms with Crippen LogP contribution in [0.25, 0.3) is 0 Å². The third kappa shape index (κ3) is 18.2. The molecule has 96 valence electrons. The molecule has 2 unspecified atom stereocenters. The van der Waals surface area contributed by atoms with Crippen LogP contribution in [0.3, 0.4) is 0 Å². The van der Waals surface area contributed by atoms with Crippen LogP contribution in [0.1, 0.15) is 25.7 Å². The van der Waals surface area contributed by atoms with Crippen LogP contribution < -0.4 is 11.5 Å². The molecular formula is C6H16N4O6. The standard InChI is InChI=1S/C6H14N2.2HNO3/c7-5-3-1-2-4-6(5)8;2*2-1(3)4/h5-6H,1-4,7-8H2;2*(H,2,3,4). The second-order valence-corrected chi connectivity index (χ2v) is 3.09. The van der Waals surface area contributed by atoms with Crippen molar-refractivity contribution in [1.29, 1.82) is 0 Å². The minimum Gasteiger partial charge on any atom is -0.328 e. The Morgan fingerprint density at radius 1 is 0.938 bits per heavy atom. The van der Waals surface area contributed by atoms with E-state index in [9.17, 15) is 0 Å². The highest BCUT2D eigenvalue weighted by molar-refractivity contribution is 4.79. The maximum atomic E-state index is 8.36. The summed E-state index contributed by atoms with van der Waals surface area (Å²) in [6.45, 7) is 0. The first kappa shape index (κ1) is 16.7. The monoisotopic (exact) mass is 240 g/mol. The Balaban J connectivity index is 0. The maximum absolute atomic E-state index is 8.36. The second-order valence-electron chi connectivity index (χ2n) is 3.09. The van der Waals surface area contributed by atoms with Gasteiger partial charge in [0.05, 0.1) is 0 Å². The summed E-state index contributed by atoms with van der Waals surface area (Å²) in [4.78, 5) is 16.7. The smallest absolute Gasteiger partial charge is 0.291 e. The molecule has 2 atom stereocenters. The first-order chi connectivity index (χ1) is 7.27. The molecular weight excluding hydrogens is 224 g/mol. The Morgan fingerprint density at radius 2 is 1.12 bits per heavy atom. The van der Waals surface area contributed by atoms with Crippen molar-refractivity contribution >= 4 is 0 Å². The van der Waals surface area contributed by atoms with E-state index in [2.05, 4.69) is 0 Å². The molecule has 1 rings (SSSR count). The Morgan fingerprint density at radius 3 is 1.25 bits per heavy atom. The molecule has 16 heavy (non-hydrogen) atoms. The molecule has 10 nitrogen and oxygen atoms in total. The summed E-state index contributed by atoms with van der Waals surface area (Å²) in [5.74, 6) is 0. The summed E-state index contributed by atoms with van der Waals surface area (Å²) < 4.78 is 0. The lowest BCUT2D eigenvalue weighted by atomic mass is 9.92. The predicted octanol–water partition coefficient (Wildman–Crippen LogP) is -0.480. The van der Waals surface area contributed by atoms with Gasteiger partial charge >= 0.3 is 0 Å². The Kier molecular flexibility index (Phi) is 10.3. The molecule has 0 radical (unpaired) electrons. The average molecular weight is 240 g/mol. The van der Waals surface area contributed by atoms with Gasteiger partial charge in [-0.05, 0) is 12.8 Å². The van der Waals surface area contributed by atoms with Crippen molar-refractivity contribution in [3.63, 3.8) is 0 Å². The van der Waals surface area contributed by atoms with Crippen LogP contribution in [0, 0.1) is 20.2 Å². The van der Waals surface area contributed by atoms with Gasteiger partial charge in [0, 0.05) is 12.1 Å². The minimum absolute atomic E-state index is 0.281. The number of hydrogen-bond donors (Lipinski definition) is 4. The lowest BCUT2D eigenvalue weighted by molar-refractivity contribution is -0.742. The van der Waals surface area contributed by atoms with Crippen LogP contribution in [0.15, 0.2) is 0 Å². The zero-order chi connectivity index (χ0) is 13.1. The predicted molar refractivity (Wildman–Crippen MR) is 52.0 cm³/mol. The molecule has 0 aromatic carbocycles. The van der Waals surface area contributed by atoms with Gasteiger partial charge in [0.2, 0.25) is 0 Å². The van der Waals surface area contributed by atoms with Crippen molar-refractivity contribution in [3.8, 4) is 0 Å². The lowest BCUT2D eigenvalue weighted by Crippen LogP contribution is -2.43. The largest absolute Gasteiger partial charge is 0.328 e. The fraction of sp³-hybridized carbons (Fsp3) is 1.00. The van der Waals surface area contributed by atoms with Crippen molar-refractivity contribution in [3.05, 3.63) is 20.2 Å². The fourth-order valence-corrected chi connectivity index (χ4v) is 1.19. The van der Waals surface area contributed by atoms with Gasteiger partial charge in [-0.15, -0.1) is 20.2 Å². The Labute approximate surface area is 91.1 Å². The Hall–Kier alpha value is -1.68. The third-order valence-corrected chi connectivity index (χ3v) is 1.87. The molecule has 1 aliphatic carbocycles. The highest BCUT2D eigenvalue weighted by Crippen LogP contribution is 2.14. The van der Waals surface area contributed by atoms with Gasteiger partial charge in [-0.25, -0.2) is 0 Å². The molecule has 1 saturated carbocycles. The number of nitrogens with zero attached hydrogens (tertiary/aromatic N) is 2. The van der Waals surface area contributed by atoms with Crippen molar-refractivity contribution in [2.24, 2.45) is 11.5 Å². The van der Waals surface area contributed by atoms with Gasteiger partial charge < -0.3 is 21.9 Å². The van der Waals surface area contributed by atoms with E-state index in [1.807, 2.05) is 0 Å². The van der Waals surface area contributed by atoms with Crippen molar-refractivity contribution < 1.29 is 20.6 Å². The third-order valence-electron chi connectivity index (χ3n) is 1.87. The summed E-state index contributed by atoms with van der Waals surface area (Å²) in [5.41, 5.74) is 11.3. The van der Waals surface area contributed by atoms with E-state index in [1.165, 1.54) is 12.8 Å². The van der Waals surface area contributed by atoms with Crippen LogP contribution in [0.2, 0.25) is 0 Å². The molecule has 1 aliphatic rings. The number of nitrogens with two attached hydrogens (primary N) is 2. The lowest BCUT2D eigenvalue weighted by Gasteiger charge is -2.24. The van der Waals surface area contributed by atoms with E-state index in [-0.39, 0.29) is 12.1 Å². The van der Waals surface area contributed by atoms with E-state index in [0.29, 0.717) is 0 Å². The van der Waals surface area contributed by atoms with Crippen LogP contribution in [0.4, 0.5) is 0 Å². The summed E-state index contributed by atoms with van der Waals surface area (Å²) in [7, 11) is 0. The van der Waals surface area contributed by atoms with Crippen LogP contribution in [-0.4, -0.2) is 32.7 Å². The van der Waals surface area contributed by atoms with Gasteiger partial charge in [-0.2, -0.15) is 0 Å². The summed E-state index contributed by atoms with van der Waals surface area (Å²) in [6.07, 6.45) is 4.80. The van der Waals surface area contributed by atoms with E-state index in [0.717, 1.165) is 12.8 Å². The summed E-state index contributed by atoms with van der Waals surface area (Å²) in [5, 5.41) is 27.3. The molecule has 1 fully saturated rings. The highest BCUT2D eigenvalue weighted by Gasteiger charge is 2.16. The first-order valence-corrected chi connectivity index (χ1v) is 4.45. The minimum atomic E-state index is -1.50. The van der Waals surface area contributed by atoms with Gasteiger partial charge in [-0.1, -0.05) is 12.8 Å². The van der Waals surface area contributed by atoms with Crippen LogP contribution in [0.5, 0.6) is 0 Å². The zero-order valence-electron chi connectivity index (χ0n) is 8.56. The average Bonchev–Trinajstić information content (AvgIpc) is 2.08. The number of hydrogen-bond acceptors (Lipinski definition) is 6. The topological polar surface area (TPSA) is 179 Å². The van der Waals surface area contributed by atoms with Gasteiger partial charge in [0.15, 0.2) is 0 Å². The number of rotatable bonds is 0. The maximum Gasteiger partial charge on any atom is 0.291 e. The highest BCUT2D eigenvalue weighted by atomic mass is 16.9. The Bertz CT molecular complexity index is 183. The molecule has 0 aliphatic heterocycles. The fourth-order valence-electron chi connectivity index (χ4n) is 1.19. The van der Waals surface area contributed by atoms with E-state index in [1.54, 1.807) is 0 Å². The van der Waals surface area contributed by atoms with Crippen LogP contribution >= 0.6 is 0 Å². The molecule has 0 spiro atoms. The van der Waals surface area contributed by atoms with E-state index < -0.39 is 10.2 Å². The second kappa shape index (κ2) is 9.86. The molecule has 0 amide bonds. The first-order valence-electron chi connectivity index (χ1n) is 4.45. The molecule has 0 saturated heterocycles. The van der Waals surface area contributed by atoms with Gasteiger partial charge in [0.1, 0.15) is 0 Å². The molecule has 0 heterocycles. The van der Waals surface area contributed by atoms with E-state index >= 15 is 0 Å². The summed E-state index contributed by atoms with van der Waals surface area (Å²) >= 11 is 0. The molecule has 0 bridgehead atoms. The van der Waals surface area contributed by atoms with Crippen molar-refractivity contribution in [1.82, 2.24) is 0 Å². The summed E-state index contributed by atoms with van der Waals surface area (Å²) in [6, 6.07) is 0.562. The van der Waals surface area contributed by atoms with Gasteiger partial charge in [0.25, 0.3) is 10.2 Å². The van der Waals surface area contributed by atoms with E-state index in [4.69, 9.17) is 42.1 Å². The zero-order valence-corrected chi connectivity index (χ0v) is 8.56.